The molecule has 0 aliphatic carbocycles. The van der Waals surface area contributed by atoms with Crippen molar-refractivity contribution in [3.8, 4) is 0 Å². The highest BCUT2D eigenvalue weighted by molar-refractivity contribution is 6.38. The van der Waals surface area contributed by atoms with Crippen molar-refractivity contribution in [1.29, 1.82) is 0 Å². The van der Waals surface area contributed by atoms with Gasteiger partial charge in [-0.3, -0.25) is 9.59 Å². The Bertz CT molecular complexity index is 756. The molecule has 0 spiro atoms. The molecule has 29 heavy (non-hydrogen) atoms. The summed E-state index contributed by atoms with van der Waals surface area (Å²) in [7, 11) is 1.24. The lowest BCUT2D eigenvalue weighted by Gasteiger charge is -2.26. The number of carbonyl (C=O) groups excluding carboxylic acids is 4. The zero-order valence-electron chi connectivity index (χ0n) is 17.3. The van der Waals surface area contributed by atoms with E-state index in [2.05, 4.69) is 5.32 Å². The van der Waals surface area contributed by atoms with Crippen LogP contribution in [0.5, 0.6) is 0 Å². The standard InChI is InChI=1S/C21H28N2O6/c1-21(2,3)29-20(27)22-15(13-14-9-6-5-7-10-14)17(24)18(25)23-12-8-11-16(23)19(26)28-4/h5-7,9-10,15-16H,8,11-13H2,1-4H3,(H,22,27). The molecule has 1 aliphatic heterocycles. The number of likely N-dealkylation sites (tertiary alicyclic amines) is 1. The van der Waals surface area contributed by atoms with E-state index in [1.807, 2.05) is 6.07 Å². The predicted molar refractivity (Wildman–Crippen MR) is 105 cm³/mol. The fourth-order valence-electron chi connectivity index (χ4n) is 3.19. The fraction of sp³-hybridized carbons (Fsp3) is 0.524. The number of hydrogen-bond donors (Lipinski definition) is 1. The second-order valence-electron chi connectivity index (χ2n) is 7.93. The zero-order valence-corrected chi connectivity index (χ0v) is 17.3. The van der Waals surface area contributed by atoms with Gasteiger partial charge in [-0.1, -0.05) is 30.3 Å². The summed E-state index contributed by atoms with van der Waals surface area (Å²) in [5.74, 6) is -2.16. The van der Waals surface area contributed by atoms with Crippen LogP contribution in [-0.2, 0) is 30.3 Å². The number of ketones is 1. The van der Waals surface area contributed by atoms with E-state index in [0.29, 0.717) is 12.8 Å². The van der Waals surface area contributed by atoms with Crippen molar-refractivity contribution in [3.05, 3.63) is 35.9 Å². The van der Waals surface area contributed by atoms with Gasteiger partial charge < -0.3 is 19.7 Å². The van der Waals surface area contributed by atoms with Gasteiger partial charge in [0.05, 0.1) is 7.11 Å². The van der Waals surface area contributed by atoms with Crippen LogP contribution in [0.4, 0.5) is 4.79 Å². The highest BCUT2D eigenvalue weighted by Crippen LogP contribution is 2.20. The maximum Gasteiger partial charge on any atom is 0.408 e. The summed E-state index contributed by atoms with van der Waals surface area (Å²) in [5.41, 5.74) is 0.0278. The van der Waals surface area contributed by atoms with Gasteiger partial charge in [0.15, 0.2) is 0 Å². The Kier molecular flexibility index (Phi) is 7.36. The van der Waals surface area contributed by atoms with Crippen molar-refractivity contribution in [2.24, 2.45) is 0 Å². The van der Waals surface area contributed by atoms with Crippen LogP contribution in [0.1, 0.15) is 39.2 Å². The average Bonchev–Trinajstić information content (AvgIpc) is 3.14. The molecule has 0 radical (unpaired) electrons. The van der Waals surface area contributed by atoms with Gasteiger partial charge in [-0.2, -0.15) is 0 Å². The quantitative estimate of drug-likeness (QED) is 0.574. The van der Waals surface area contributed by atoms with Gasteiger partial charge in [0, 0.05) is 13.0 Å². The molecule has 2 unspecified atom stereocenters. The number of ether oxygens (including phenoxy) is 2. The molecule has 1 saturated heterocycles. The normalized spacial score (nSPS) is 17.4. The molecule has 158 valence electrons. The van der Waals surface area contributed by atoms with Gasteiger partial charge in [0.25, 0.3) is 5.91 Å². The highest BCUT2D eigenvalue weighted by atomic mass is 16.6. The van der Waals surface area contributed by atoms with Crippen LogP contribution >= 0.6 is 0 Å². The number of methoxy groups -OCH3 is 1. The van der Waals surface area contributed by atoms with E-state index < -0.39 is 41.4 Å². The van der Waals surface area contributed by atoms with Crippen LogP contribution in [0, 0.1) is 0 Å². The molecule has 2 amide bonds. The number of nitrogens with zero attached hydrogens (tertiary/aromatic N) is 1. The number of amides is 2. The van der Waals surface area contributed by atoms with E-state index in [-0.39, 0.29) is 13.0 Å². The van der Waals surface area contributed by atoms with E-state index in [1.54, 1.807) is 45.0 Å². The van der Waals surface area contributed by atoms with Gasteiger partial charge in [0.1, 0.15) is 17.7 Å². The van der Waals surface area contributed by atoms with Gasteiger partial charge in [-0.05, 0) is 39.2 Å². The lowest BCUT2D eigenvalue weighted by molar-refractivity contribution is -0.154. The van der Waals surface area contributed by atoms with Crippen molar-refractivity contribution in [1.82, 2.24) is 10.2 Å². The number of Topliss-reactive ketones (excluding diaryl/α,β-unsaturated/α-hetero) is 1. The van der Waals surface area contributed by atoms with Crippen molar-refractivity contribution in [3.63, 3.8) is 0 Å². The Morgan fingerprint density at radius 2 is 1.83 bits per heavy atom. The van der Waals surface area contributed by atoms with Crippen molar-refractivity contribution >= 4 is 23.8 Å². The lowest BCUT2D eigenvalue weighted by Crippen LogP contribution is -2.52. The Balaban J connectivity index is 2.19. The molecule has 1 aromatic rings. The Hall–Kier alpha value is -2.90. The summed E-state index contributed by atoms with van der Waals surface area (Å²) in [6.45, 7) is 5.40. The molecule has 0 bridgehead atoms. The van der Waals surface area contributed by atoms with Gasteiger partial charge in [0.2, 0.25) is 5.78 Å². The summed E-state index contributed by atoms with van der Waals surface area (Å²) in [4.78, 5) is 51.2. The lowest BCUT2D eigenvalue weighted by atomic mass is 10.0. The number of carbonyl (C=O) groups is 4. The smallest absolute Gasteiger partial charge is 0.408 e. The monoisotopic (exact) mass is 404 g/mol. The molecule has 0 saturated carbocycles. The van der Waals surface area contributed by atoms with E-state index >= 15 is 0 Å². The number of nitrogens with one attached hydrogen (secondary N) is 1. The summed E-state index contributed by atoms with van der Waals surface area (Å²) in [5, 5.41) is 2.51. The average molecular weight is 404 g/mol. The van der Waals surface area contributed by atoms with Crippen molar-refractivity contribution in [2.75, 3.05) is 13.7 Å². The molecule has 8 nitrogen and oxygen atoms in total. The minimum Gasteiger partial charge on any atom is -0.467 e. The first-order chi connectivity index (χ1) is 13.6. The summed E-state index contributed by atoms with van der Waals surface area (Å²) >= 11 is 0. The number of rotatable bonds is 6. The molecule has 1 heterocycles. The van der Waals surface area contributed by atoms with Crippen LogP contribution in [0.15, 0.2) is 30.3 Å². The Labute approximate surface area is 170 Å². The molecule has 8 heteroatoms. The summed E-state index contributed by atoms with van der Waals surface area (Å²) in [6.07, 6.45) is 0.378. The first-order valence-corrected chi connectivity index (χ1v) is 9.58. The number of alkyl carbamates (subject to hydrolysis) is 1. The first kappa shape index (κ1) is 22.4. The topological polar surface area (TPSA) is 102 Å². The van der Waals surface area contributed by atoms with E-state index in [4.69, 9.17) is 9.47 Å². The third kappa shape index (κ3) is 6.30. The van der Waals surface area contributed by atoms with Gasteiger partial charge in [-0.25, -0.2) is 9.59 Å². The third-order valence-electron chi connectivity index (χ3n) is 4.49. The molecular weight excluding hydrogens is 376 g/mol. The number of hydrogen-bond acceptors (Lipinski definition) is 6. The van der Waals surface area contributed by atoms with Crippen LogP contribution in [0.3, 0.4) is 0 Å². The fourth-order valence-corrected chi connectivity index (χ4v) is 3.19. The molecule has 0 aromatic heterocycles. The summed E-state index contributed by atoms with van der Waals surface area (Å²) in [6, 6.07) is 7.15. The minimum atomic E-state index is -1.11. The Morgan fingerprint density at radius 1 is 1.17 bits per heavy atom. The van der Waals surface area contributed by atoms with Crippen LogP contribution in [0.2, 0.25) is 0 Å². The van der Waals surface area contributed by atoms with E-state index in [0.717, 1.165) is 5.56 Å². The van der Waals surface area contributed by atoms with Crippen molar-refractivity contribution < 1.29 is 28.7 Å². The maximum absolute atomic E-state index is 13.0. The molecule has 2 rings (SSSR count). The molecule has 1 N–H and O–H groups in total. The first-order valence-electron chi connectivity index (χ1n) is 9.58. The largest absolute Gasteiger partial charge is 0.467 e. The molecule has 2 atom stereocenters. The maximum atomic E-state index is 13.0. The van der Waals surface area contributed by atoms with E-state index in [1.165, 1.54) is 12.0 Å². The van der Waals surface area contributed by atoms with Gasteiger partial charge >= 0.3 is 12.1 Å². The minimum absolute atomic E-state index is 0.126. The highest BCUT2D eigenvalue weighted by Gasteiger charge is 2.40. The van der Waals surface area contributed by atoms with Crippen LogP contribution in [-0.4, -0.2) is 60.0 Å². The third-order valence-corrected chi connectivity index (χ3v) is 4.49. The molecule has 1 aliphatic rings. The van der Waals surface area contributed by atoms with Gasteiger partial charge in [-0.15, -0.1) is 0 Å². The van der Waals surface area contributed by atoms with Crippen LogP contribution in [0.25, 0.3) is 0 Å². The Morgan fingerprint density at radius 3 is 2.41 bits per heavy atom. The molecule has 1 aromatic carbocycles. The zero-order chi connectivity index (χ0) is 21.6. The predicted octanol–water partition coefficient (Wildman–Crippen LogP) is 1.86. The number of esters is 1. The van der Waals surface area contributed by atoms with Crippen LogP contribution < -0.4 is 5.32 Å². The second kappa shape index (κ2) is 9.54. The number of benzene rings is 1. The van der Waals surface area contributed by atoms with E-state index in [9.17, 15) is 19.2 Å². The second-order valence-corrected chi connectivity index (χ2v) is 7.93. The van der Waals surface area contributed by atoms with Crippen molar-refractivity contribution in [2.45, 2.75) is 57.7 Å². The molecule has 1 fully saturated rings. The molecular formula is C21H28N2O6. The SMILES string of the molecule is COC(=O)C1CCCN1C(=O)C(=O)C(Cc1ccccc1)NC(=O)OC(C)(C)C. The summed E-state index contributed by atoms with van der Waals surface area (Å²) < 4.78 is 9.97.